The van der Waals surface area contributed by atoms with Gasteiger partial charge in [0.05, 0.1) is 16.5 Å². The van der Waals surface area contributed by atoms with Gasteiger partial charge < -0.3 is 0 Å². The molecule has 0 saturated carbocycles. The van der Waals surface area contributed by atoms with Crippen LogP contribution in [-0.2, 0) is 16.6 Å². The van der Waals surface area contributed by atoms with Crippen LogP contribution in [0.4, 0.5) is 0 Å². The molecule has 0 atom stereocenters. The maximum Gasteiger partial charge on any atom is 0.275 e. The van der Waals surface area contributed by atoms with E-state index in [2.05, 4.69) is 15.3 Å². The average molecular weight is 414 g/mol. The minimum Gasteiger partial charge on any atom is -0.271 e. The normalized spacial score (nSPS) is 11.8. The highest BCUT2D eigenvalue weighted by Crippen LogP contribution is 2.15. The Bertz CT molecular complexity index is 1400. The molecule has 11 heteroatoms. The van der Waals surface area contributed by atoms with E-state index in [-0.39, 0.29) is 17.0 Å². The van der Waals surface area contributed by atoms with E-state index >= 15 is 0 Å². The number of H-pyrrole nitrogens is 1. The monoisotopic (exact) mass is 414 g/mol. The molecule has 9 nitrogen and oxygen atoms in total. The highest BCUT2D eigenvalue weighted by Gasteiger charge is 2.13. The number of primary sulfonamides is 1. The first kappa shape index (κ1) is 18.2. The number of nitrogens with two attached hydrogens (primary N) is 1. The SMILES string of the molecule is NS(=O)(=O)c1ccc(-n2c(Cn3ncc4ccccc4c3=O)n[nH]c2=S)cc1. The molecule has 0 fully saturated rings. The molecule has 0 aliphatic heterocycles. The van der Waals surface area contributed by atoms with Crippen LogP contribution in [0.3, 0.4) is 0 Å². The Labute approximate surface area is 164 Å². The van der Waals surface area contributed by atoms with Crippen molar-refractivity contribution in [3.8, 4) is 5.69 Å². The number of nitrogens with one attached hydrogen (secondary N) is 1. The quantitative estimate of drug-likeness (QED) is 0.485. The van der Waals surface area contributed by atoms with Crippen LogP contribution < -0.4 is 10.7 Å². The Morgan fingerprint density at radius 1 is 1.11 bits per heavy atom. The van der Waals surface area contributed by atoms with E-state index in [9.17, 15) is 13.2 Å². The van der Waals surface area contributed by atoms with Crippen LogP contribution in [0.2, 0.25) is 0 Å². The number of aromatic nitrogens is 5. The number of rotatable bonds is 4. The predicted octanol–water partition coefficient (Wildman–Crippen LogP) is 1.34. The molecular weight excluding hydrogens is 400 g/mol. The molecule has 28 heavy (non-hydrogen) atoms. The van der Waals surface area contributed by atoms with Gasteiger partial charge in [-0.3, -0.25) is 14.5 Å². The van der Waals surface area contributed by atoms with Gasteiger partial charge in [-0.15, -0.1) is 0 Å². The Hall–Kier alpha value is -3.15. The maximum atomic E-state index is 12.7. The van der Waals surface area contributed by atoms with Crippen LogP contribution >= 0.6 is 12.2 Å². The Morgan fingerprint density at radius 3 is 2.54 bits per heavy atom. The summed E-state index contributed by atoms with van der Waals surface area (Å²) in [5, 5.41) is 17.5. The molecule has 0 bridgehead atoms. The first-order valence-corrected chi connectivity index (χ1v) is 10.0. The largest absolute Gasteiger partial charge is 0.275 e. The van der Waals surface area contributed by atoms with Gasteiger partial charge in [-0.2, -0.15) is 10.2 Å². The molecule has 4 aromatic rings. The van der Waals surface area contributed by atoms with Gasteiger partial charge in [0, 0.05) is 11.1 Å². The first-order valence-electron chi connectivity index (χ1n) is 8.09. The zero-order valence-electron chi connectivity index (χ0n) is 14.3. The van der Waals surface area contributed by atoms with Gasteiger partial charge in [0.15, 0.2) is 10.6 Å². The summed E-state index contributed by atoms with van der Waals surface area (Å²) in [6.07, 6.45) is 1.61. The van der Waals surface area contributed by atoms with Gasteiger partial charge in [-0.05, 0) is 42.5 Å². The number of hydrogen-bond donors (Lipinski definition) is 2. The van der Waals surface area contributed by atoms with E-state index in [1.807, 2.05) is 12.1 Å². The molecular formula is C17H14N6O3S2. The molecule has 0 unspecified atom stereocenters. The molecule has 4 rings (SSSR count). The van der Waals surface area contributed by atoms with Gasteiger partial charge >= 0.3 is 0 Å². The second kappa shape index (κ2) is 6.78. The highest BCUT2D eigenvalue weighted by atomic mass is 32.2. The number of aromatic amines is 1. The lowest BCUT2D eigenvalue weighted by molar-refractivity contribution is 0.597. The fraction of sp³-hybridized carbons (Fsp3) is 0.0588. The smallest absolute Gasteiger partial charge is 0.271 e. The second-order valence-electron chi connectivity index (χ2n) is 6.01. The third-order valence-corrected chi connectivity index (χ3v) is 5.42. The summed E-state index contributed by atoms with van der Waals surface area (Å²) in [4.78, 5) is 12.7. The van der Waals surface area contributed by atoms with Crippen molar-refractivity contribution in [2.75, 3.05) is 0 Å². The lowest BCUT2D eigenvalue weighted by Gasteiger charge is -2.09. The molecule has 0 radical (unpaired) electrons. The van der Waals surface area contributed by atoms with Crippen molar-refractivity contribution in [3.63, 3.8) is 0 Å². The van der Waals surface area contributed by atoms with E-state index in [0.29, 0.717) is 21.7 Å². The molecule has 3 N–H and O–H groups in total. The van der Waals surface area contributed by atoms with Crippen molar-refractivity contribution in [3.05, 3.63) is 75.7 Å². The van der Waals surface area contributed by atoms with Crippen LogP contribution in [0, 0.1) is 4.77 Å². The van der Waals surface area contributed by atoms with Crippen molar-refractivity contribution in [1.29, 1.82) is 0 Å². The third-order valence-electron chi connectivity index (χ3n) is 4.22. The van der Waals surface area contributed by atoms with Crippen molar-refractivity contribution in [2.45, 2.75) is 11.4 Å². The molecule has 0 spiro atoms. The number of nitrogens with zero attached hydrogens (tertiary/aromatic N) is 4. The topological polar surface area (TPSA) is 129 Å². The van der Waals surface area contributed by atoms with Gasteiger partial charge in [0.25, 0.3) is 5.56 Å². The molecule has 2 aromatic carbocycles. The fourth-order valence-corrected chi connectivity index (χ4v) is 3.63. The van der Waals surface area contributed by atoms with E-state index < -0.39 is 10.0 Å². The minimum absolute atomic E-state index is 0.0137. The summed E-state index contributed by atoms with van der Waals surface area (Å²) in [5.74, 6) is 0.443. The average Bonchev–Trinajstić information content (AvgIpc) is 3.04. The molecule has 0 amide bonds. The second-order valence-corrected chi connectivity index (χ2v) is 7.96. The summed E-state index contributed by atoms with van der Waals surface area (Å²) in [6, 6.07) is 13.1. The fourth-order valence-electron chi connectivity index (χ4n) is 2.86. The zero-order chi connectivity index (χ0) is 19.9. The van der Waals surface area contributed by atoms with Crippen LogP contribution in [0.25, 0.3) is 16.5 Å². The minimum atomic E-state index is -3.80. The van der Waals surface area contributed by atoms with Crippen LogP contribution in [0.5, 0.6) is 0 Å². The number of fused-ring (bicyclic) bond motifs is 1. The van der Waals surface area contributed by atoms with Crippen LogP contribution in [0.15, 0.2) is 64.4 Å². The van der Waals surface area contributed by atoms with E-state index in [1.54, 1.807) is 35.0 Å². The van der Waals surface area contributed by atoms with Crippen LogP contribution in [0.1, 0.15) is 5.82 Å². The summed E-state index contributed by atoms with van der Waals surface area (Å²) >= 11 is 5.28. The molecule has 0 saturated heterocycles. The van der Waals surface area contributed by atoms with E-state index in [4.69, 9.17) is 17.4 Å². The van der Waals surface area contributed by atoms with E-state index in [1.165, 1.54) is 16.8 Å². The van der Waals surface area contributed by atoms with Gasteiger partial charge in [-0.1, -0.05) is 18.2 Å². The summed E-state index contributed by atoms with van der Waals surface area (Å²) < 4.78 is 26.1. The van der Waals surface area contributed by atoms with Crippen molar-refractivity contribution in [2.24, 2.45) is 5.14 Å². The Balaban J connectivity index is 1.77. The lowest BCUT2D eigenvalue weighted by atomic mass is 10.2. The van der Waals surface area contributed by atoms with Gasteiger partial charge in [0.2, 0.25) is 10.0 Å². The number of sulfonamides is 1. The van der Waals surface area contributed by atoms with Crippen molar-refractivity contribution >= 4 is 33.0 Å². The van der Waals surface area contributed by atoms with Crippen molar-refractivity contribution in [1.82, 2.24) is 24.5 Å². The highest BCUT2D eigenvalue weighted by molar-refractivity contribution is 7.89. The number of hydrogen-bond acceptors (Lipinski definition) is 6. The Morgan fingerprint density at radius 2 is 1.82 bits per heavy atom. The molecule has 2 aromatic heterocycles. The van der Waals surface area contributed by atoms with Gasteiger partial charge in [0.1, 0.15) is 6.54 Å². The first-order chi connectivity index (χ1) is 13.3. The molecule has 142 valence electrons. The predicted molar refractivity (Wildman–Crippen MR) is 105 cm³/mol. The Kier molecular flexibility index (Phi) is 4.41. The maximum absolute atomic E-state index is 12.7. The molecule has 2 heterocycles. The zero-order valence-corrected chi connectivity index (χ0v) is 15.9. The third kappa shape index (κ3) is 3.26. The summed E-state index contributed by atoms with van der Waals surface area (Å²) in [6.45, 7) is 0.0771. The summed E-state index contributed by atoms with van der Waals surface area (Å²) in [7, 11) is -3.80. The number of benzene rings is 2. The standard InChI is InChI=1S/C17H14N6O3S2/c18-28(25,26)13-7-5-12(6-8-13)23-15(20-21-17(23)27)10-22-16(24)14-4-2-1-3-11(14)9-19-22/h1-9H,10H2,(H,21,27)(H2,18,25,26). The van der Waals surface area contributed by atoms with Crippen molar-refractivity contribution < 1.29 is 8.42 Å². The van der Waals surface area contributed by atoms with E-state index in [0.717, 1.165) is 5.39 Å². The summed E-state index contributed by atoms with van der Waals surface area (Å²) in [5.41, 5.74) is 0.332. The molecule has 0 aliphatic rings. The van der Waals surface area contributed by atoms with Crippen LogP contribution in [-0.4, -0.2) is 33.0 Å². The van der Waals surface area contributed by atoms with Gasteiger partial charge in [-0.25, -0.2) is 18.2 Å². The molecule has 0 aliphatic carbocycles. The lowest BCUT2D eigenvalue weighted by Crippen LogP contribution is -2.24.